The molecule has 0 saturated heterocycles. The van der Waals surface area contributed by atoms with Gasteiger partial charge in [-0.1, -0.05) is 81.0 Å². The van der Waals surface area contributed by atoms with E-state index in [-0.39, 0.29) is 30.0 Å². The number of phenolic OH excluding ortho intramolecular Hbond substituents is 1. The summed E-state index contributed by atoms with van der Waals surface area (Å²) in [6.07, 6.45) is 7.24. The number of aryl methyl sites for hydroxylation is 1. The van der Waals surface area contributed by atoms with Crippen LogP contribution in [-0.4, -0.2) is 52.1 Å². The van der Waals surface area contributed by atoms with Gasteiger partial charge in [0.25, 0.3) is 0 Å². The normalized spacial score (nSPS) is 15.4. The molecular formula is C34H49N3O5. The Kier molecular flexibility index (Phi) is 12.3. The van der Waals surface area contributed by atoms with Crippen LogP contribution in [0.5, 0.6) is 5.75 Å². The molecule has 0 heterocycles. The molecule has 1 aliphatic rings. The Morgan fingerprint density at radius 2 is 1.62 bits per heavy atom. The first-order chi connectivity index (χ1) is 20.0. The summed E-state index contributed by atoms with van der Waals surface area (Å²) in [5.41, 5.74) is 1.81. The van der Waals surface area contributed by atoms with Gasteiger partial charge in [0.05, 0.1) is 0 Å². The lowest BCUT2D eigenvalue weighted by Gasteiger charge is -2.36. The van der Waals surface area contributed by atoms with Crippen LogP contribution in [0.25, 0.3) is 0 Å². The zero-order valence-corrected chi connectivity index (χ0v) is 25.9. The lowest BCUT2D eigenvalue weighted by Crippen LogP contribution is -2.54. The number of ether oxygens (including phenoxy) is 1. The van der Waals surface area contributed by atoms with Crippen molar-refractivity contribution in [2.24, 2.45) is 0 Å². The fourth-order valence-electron chi connectivity index (χ4n) is 5.37. The lowest BCUT2D eigenvalue weighted by atomic mass is 9.94. The maximum Gasteiger partial charge on any atom is 0.408 e. The van der Waals surface area contributed by atoms with Crippen molar-refractivity contribution in [2.45, 2.75) is 116 Å². The average Bonchev–Trinajstić information content (AvgIpc) is 2.93. The van der Waals surface area contributed by atoms with Gasteiger partial charge in [-0.25, -0.2) is 4.79 Å². The molecule has 2 atom stereocenters. The summed E-state index contributed by atoms with van der Waals surface area (Å²) < 4.78 is 5.52. The summed E-state index contributed by atoms with van der Waals surface area (Å²) >= 11 is 0. The minimum Gasteiger partial charge on any atom is -0.508 e. The number of hydrogen-bond acceptors (Lipinski definition) is 5. The largest absolute Gasteiger partial charge is 0.508 e. The molecule has 8 nitrogen and oxygen atoms in total. The van der Waals surface area contributed by atoms with Gasteiger partial charge in [-0.15, -0.1) is 0 Å². The molecule has 2 aromatic rings. The first-order valence-electron chi connectivity index (χ1n) is 15.4. The van der Waals surface area contributed by atoms with Crippen LogP contribution in [0.15, 0.2) is 48.5 Å². The highest BCUT2D eigenvalue weighted by atomic mass is 16.6. The Morgan fingerprint density at radius 3 is 2.21 bits per heavy atom. The number of carbonyl (C=O) groups is 3. The molecule has 0 aromatic heterocycles. The van der Waals surface area contributed by atoms with Crippen molar-refractivity contribution >= 4 is 17.9 Å². The van der Waals surface area contributed by atoms with E-state index in [1.54, 1.807) is 49.9 Å². The third-order valence-electron chi connectivity index (χ3n) is 7.56. The van der Waals surface area contributed by atoms with Crippen LogP contribution in [-0.2, 0) is 20.7 Å². The molecule has 0 bridgehead atoms. The number of phenols is 1. The standard InChI is InChI=1S/C34H49N3O5/c1-6-7-11-22-37(30(26-18-14-24(2)15-19-26)31(39)35-27-12-9-8-10-13-27)32(40)29(36-33(41)42-34(3,4)5)23-25-16-20-28(38)21-17-25/h14-21,27,29-30,38H,6-13,22-23H2,1-5H3,(H,35,39)(H,36,41). The molecule has 1 saturated carbocycles. The first-order valence-corrected chi connectivity index (χ1v) is 15.4. The van der Waals surface area contributed by atoms with E-state index in [1.807, 2.05) is 31.2 Å². The highest BCUT2D eigenvalue weighted by Gasteiger charge is 2.37. The van der Waals surface area contributed by atoms with Gasteiger partial charge in [-0.3, -0.25) is 9.59 Å². The Hall–Kier alpha value is -3.55. The number of amides is 3. The zero-order valence-electron chi connectivity index (χ0n) is 25.9. The molecule has 3 N–H and O–H groups in total. The predicted octanol–water partition coefficient (Wildman–Crippen LogP) is 6.35. The zero-order chi connectivity index (χ0) is 30.7. The summed E-state index contributed by atoms with van der Waals surface area (Å²) in [4.78, 5) is 43.2. The van der Waals surface area contributed by atoms with Crippen LogP contribution in [0.3, 0.4) is 0 Å². The highest BCUT2D eigenvalue weighted by molar-refractivity contribution is 5.92. The molecule has 3 rings (SSSR count). The molecule has 0 aliphatic heterocycles. The Bertz CT molecular complexity index is 1150. The van der Waals surface area contributed by atoms with Crippen LogP contribution >= 0.6 is 0 Å². The number of hydrogen-bond donors (Lipinski definition) is 3. The minimum absolute atomic E-state index is 0.0828. The van der Waals surface area contributed by atoms with E-state index in [9.17, 15) is 19.5 Å². The number of nitrogens with zero attached hydrogens (tertiary/aromatic N) is 1. The van der Waals surface area contributed by atoms with E-state index < -0.39 is 23.8 Å². The van der Waals surface area contributed by atoms with Crippen molar-refractivity contribution in [2.75, 3.05) is 6.54 Å². The smallest absolute Gasteiger partial charge is 0.408 e. The Morgan fingerprint density at radius 1 is 0.976 bits per heavy atom. The minimum atomic E-state index is -0.985. The van der Waals surface area contributed by atoms with Gasteiger partial charge in [-0.05, 0) is 70.2 Å². The Labute approximate surface area is 251 Å². The van der Waals surface area contributed by atoms with E-state index in [0.717, 1.165) is 61.6 Å². The molecule has 1 aliphatic carbocycles. The van der Waals surface area contributed by atoms with Crippen LogP contribution < -0.4 is 10.6 Å². The van der Waals surface area contributed by atoms with E-state index in [2.05, 4.69) is 17.6 Å². The molecule has 1 fully saturated rings. The second kappa shape index (κ2) is 15.6. The fraction of sp³-hybridized carbons (Fsp3) is 0.559. The molecule has 8 heteroatoms. The van der Waals surface area contributed by atoms with E-state index in [4.69, 9.17) is 4.74 Å². The van der Waals surface area contributed by atoms with Crippen molar-refractivity contribution in [3.8, 4) is 5.75 Å². The topological polar surface area (TPSA) is 108 Å². The summed E-state index contributed by atoms with van der Waals surface area (Å²) in [6, 6.07) is 12.5. The second-order valence-electron chi connectivity index (χ2n) is 12.5. The number of benzene rings is 2. The van der Waals surface area contributed by atoms with Gasteiger partial charge in [0.15, 0.2) is 0 Å². The van der Waals surface area contributed by atoms with Gasteiger partial charge in [0.2, 0.25) is 11.8 Å². The van der Waals surface area contributed by atoms with Crippen LogP contribution in [0.4, 0.5) is 4.79 Å². The van der Waals surface area contributed by atoms with Crippen molar-refractivity contribution < 1.29 is 24.2 Å². The van der Waals surface area contributed by atoms with Crippen molar-refractivity contribution in [3.05, 3.63) is 65.2 Å². The third-order valence-corrected chi connectivity index (χ3v) is 7.56. The summed E-state index contributed by atoms with van der Waals surface area (Å²) in [5.74, 6) is -0.438. The molecule has 2 aromatic carbocycles. The maximum absolute atomic E-state index is 14.5. The molecule has 0 spiro atoms. The number of alkyl carbamates (subject to hydrolysis) is 1. The van der Waals surface area contributed by atoms with Crippen molar-refractivity contribution in [1.82, 2.24) is 15.5 Å². The van der Waals surface area contributed by atoms with Crippen LogP contribution in [0.2, 0.25) is 0 Å². The highest BCUT2D eigenvalue weighted by Crippen LogP contribution is 2.27. The van der Waals surface area contributed by atoms with E-state index in [0.29, 0.717) is 6.54 Å². The van der Waals surface area contributed by atoms with Crippen molar-refractivity contribution in [3.63, 3.8) is 0 Å². The molecule has 3 amide bonds. The molecule has 2 unspecified atom stereocenters. The van der Waals surface area contributed by atoms with E-state index >= 15 is 0 Å². The van der Waals surface area contributed by atoms with Gasteiger partial charge in [0.1, 0.15) is 23.4 Å². The van der Waals surface area contributed by atoms with Crippen molar-refractivity contribution in [1.29, 1.82) is 0 Å². The summed E-state index contributed by atoms with van der Waals surface area (Å²) in [7, 11) is 0. The van der Waals surface area contributed by atoms with Gasteiger partial charge in [-0.2, -0.15) is 0 Å². The predicted molar refractivity (Wildman–Crippen MR) is 165 cm³/mol. The third kappa shape index (κ3) is 10.4. The van der Waals surface area contributed by atoms with E-state index in [1.165, 1.54) is 6.42 Å². The number of carbonyl (C=O) groups excluding carboxylic acids is 3. The number of unbranched alkanes of at least 4 members (excludes halogenated alkanes) is 2. The fourth-order valence-corrected chi connectivity index (χ4v) is 5.37. The molecular weight excluding hydrogens is 530 g/mol. The van der Waals surface area contributed by atoms with Gasteiger partial charge in [0, 0.05) is 19.0 Å². The molecule has 0 radical (unpaired) electrons. The number of nitrogens with one attached hydrogen (secondary N) is 2. The summed E-state index contributed by atoms with van der Waals surface area (Å²) in [6.45, 7) is 9.75. The van der Waals surface area contributed by atoms with Gasteiger partial charge < -0.3 is 25.4 Å². The second-order valence-corrected chi connectivity index (χ2v) is 12.5. The Balaban J connectivity index is 2.01. The SMILES string of the molecule is CCCCCN(C(=O)C(Cc1ccc(O)cc1)NC(=O)OC(C)(C)C)C(C(=O)NC1CCCCC1)c1ccc(C)cc1. The number of rotatable bonds is 12. The first kappa shape index (κ1) is 33.0. The summed E-state index contributed by atoms with van der Waals surface area (Å²) in [5, 5.41) is 15.8. The molecule has 230 valence electrons. The lowest BCUT2D eigenvalue weighted by molar-refractivity contribution is -0.143. The average molecular weight is 580 g/mol. The monoisotopic (exact) mass is 579 g/mol. The van der Waals surface area contributed by atoms with Crippen LogP contribution in [0, 0.1) is 6.92 Å². The quantitative estimate of drug-likeness (QED) is 0.254. The van der Waals surface area contributed by atoms with Gasteiger partial charge >= 0.3 is 6.09 Å². The maximum atomic E-state index is 14.5. The molecule has 42 heavy (non-hydrogen) atoms. The number of aromatic hydroxyl groups is 1. The van der Waals surface area contributed by atoms with Crippen LogP contribution in [0.1, 0.15) is 102 Å².